The second-order valence-corrected chi connectivity index (χ2v) is 7.02. The normalized spacial score (nSPS) is 25.3. The summed E-state index contributed by atoms with van der Waals surface area (Å²) in [7, 11) is 0. The molecule has 24 heavy (non-hydrogen) atoms. The molecule has 1 aromatic carbocycles. The summed E-state index contributed by atoms with van der Waals surface area (Å²) in [6, 6.07) is 3.41. The van der Waals surface area contributed by atoms with Gasteiger partial charge in [-0.3, -0.25) is 4.79 Å². The Morgan fingerprint density at radius 2 is 2.08 bits per heavy atom. The van der Waals surface area contributed by atoms with Crippen LogP contribution in [0.3, 0.4) is 0 Å². The molecular weight excluding hydrogens is 316 g/mol. The van der Waals surface area contributed by atoms with Crippen LogP contribution in [0.15, 0.2) is 18.2 Å². The van der Waals surface area contributed by atoms with E-state index in [9.17, 15) is 18.7 Å². The average molecular weight is 339 g/mol. The number of benzene rings is 1. The summed E-state index contributed by atoms with van der Waals surface area (Å²) in [6.45, 7) is 1.56. The average Bonchev–Trinajstić information content (AvgIpc) is 2.95. The molecule has 1 saturated carbocycles. The molecule has 0 aromatic heterocycles. The Labute approximate surface area is 140 Å². The number of carbonyl (C=O) groups excluding carboxylic acids is 1. The summed E-state index contributed by atoms with van der Waals surface area (Å²) in [5.74, 6) is -1.53. The highest BCUT2D eigenvalue weighted by molar-refractivity contribution is 5.89. The Morgan fingerprint density at radius 1 is 1.29 bits per heavy atom. The summed E-state index contributed by atoms with van der Waals surface area (Å²) in [4.78, 5) is 12.8. The van der Waals surface area contributed by atoms with E-state index in [1.54, 1.807) is 0 Å². The Bertz CT molecular complexity index is 610. The number of aliphatic hydroxyl groups is 1. The van der Waals surface area contributed by atoms with Crippen molar-refractivity contribution in [2.24, 2.45) is 5.41 Å². The first-order valence-electron chi connectivity index (χ1n) is 8.44. The van der Waals surface area contributed by atoms with Crippen LogP contribution in [0.1, 0.15) is 37.7 Å². The lowest BCUT2D eigenvalue weighted by molar-refractivity contribution is -0.130. The summed E-state index contributed by atoms with van der Waals surface area (Å²) >= 11 is 0. The lowest BCUT2D eigenvalue weighted by Gasteiger charge is -2.41. The fraction of sp³-hybridized carbons (Fsp3) is 0.611. The van der Waals surface area contributed by atoms with Crippen molar-refractivity contribution in [3.8, 4) is 0 Å². The van der Waals surface area contributed by atoms with E-state index in [-0.39, 0.29) is 23.5 Å². The smallest absolute Gasteiger partial charge is 0.230 e. The SMILES string of the molecule is O=C(NCC1(CCO)CCOC1)C1(c2ccc(F)cc2F)CCC1. The van der Waals surface area contributed by atoms with E-state index in [1.807, 2.05) is 0 Å². The molecule has 132 valence electrons. The van der Waals surface area contributed by atoms with Gasteiger partial charge in [-0.2, -0.15) is 0 Å². The van der Waals surface area contributed by atoms with Gasteiger partial charge in [0.2, 0.25) is 5.91 Å². The first kappa shape index (κ1) is 17.3. The topological polar surface area (TPSA) is 58.6 Å². The molecule has 1 atom stereocenters. The number of nitrogens with one attached hydrogen (secondary N) is 1. The first-order valence-corrected chi connectivity index (χ1v) is 8.44. The van der Waals surface area contributed by atoms with Crippen molar-refractivity contribution in [2.45, 2.75) is 37.5 Å². The van der Waals surface area contributed by atoms with E-state index in [1.165, 1.54) is 12.1 Å². The van der Waals surface area contributed by atoms with Crippen molar-refractivity contribution in [2.75, 3.05) is 26.4 Å². The monoisotopic (exact) mass is 339 g/mol. The van der Waals surface area contributed by atoms with Crippen molar-refractivity contribution in [1.82, 2.24) is 5.32 Å². The molecular formula is C18H23F2NO3. The zero-order valence-corrected chi connectivity index (χ0v) is 13.6. The molecule has 1 unspecified atom stereocenters. The summed E-state index contributed by atoms with van der Waals surface area (Å²) in [5, 5.41) is 12.2. The van der Waals surface area contributed by atoms with Crippen molar-refractivity contribution in [1.29, 1.82) is 0 Å². The second-order valence-electron chi connectivity index (χ2n) is 7.02. The van der Waals surface area contributed by atoms with E-state index in [2.05, 4.69) is 5.32 Å². The lowest BCUT2D eigenvalue weighted by atomic mass is 9.63. The van der Waals surface area contributed by atoms with Gasteiger partial charge in [0.15, 0.2) is 0 Å². The molecule has 0 bridgehead atoms. The van der Waals surface area contributed by atoms with Crippen LogP contribution in [0.4, 0.5) is 8.78 Å². The molecule has 6 heteroatoms. The number of halogens is 2. The minimum absolute atomic E-state index is 0.0387. The Balaban J connectivity index is 1.74. The van der Waals surface area contributed by atoms with Gasteiger partial charge in [-0.15, -0.1) is 0 Å². The third-order valence-corrected chi connectivity index (χ3v) is 5.54. The van der Waals surface area contributed by atoms with E-state index in [4.69, 9.17) is 4.74 Å². The maximum Gasteiger partial charge on any atom is 0.230 e. The van der Waals surface area contributed by atoms with E-state index in [0.29, 0.717) is 39.0 Å². The van der Waals surface area contributed by atoms with Crippen LogP contribution < -0.4 is 5.32 Å². The van der Waals surface area contributed by atoms with Crippen LogP contribution in [0.25, 0.3) is 0 Å². The largest absolute Gasteiger partial charge is 0.396 e. The number of rotatable bonds is 6. The number of hydrogen-bond acceptors (Lipinski definition) is 3. The quantitative estimate of drug-likeness (QED) is 0.836. The van der Waals surface area contributed by atoms with Crippen LogP contribution in [0.5, 0.6) is 0 Å². The number of ether oxygens (including phenoxy) is 1. The van der Waals surface area contributed by atoms with Gasteiger partial charge >= 0.3 is 0 Å². The fourth-order valence-electron chi connectivity index (χ4n) is 3.78. The lowest BCUT2D eigenvalue weighted by Crippen LogP contribution is -2.52. The van der Waals surface area contributed by atoms with Crippen molar-refractivity contribution >= 4 is 5.91 Å². The van der Waals surface area contributed by atoms with Gasteiger partial charge in [0.25, 0.3) is 0 Å². The zero-order valence-electron chi connectivity index (χ0n) is 13.6. The highest BCUT2D eigenvalue weighted by atomic mass is 19.1. The van der Waals surface area contributed by atoms with E-state index >= 15 is 0 Å². The van der Waals surface area contributed by atoms with Gasteiger partial charge in [0.1, 0.15) is 11.6 Å². The summed E-state index contributed by atoms with van der Waals surface area (Å²) in [6.07, 6.45) is 3.31. The molecule has 1 amide bonds. The van der Waals surface area contributed by atoms with Crippen LogP contribution in [-0.2, 0) is 14.9 Å². The zero-order chi connectivity index (χ0) is 17.2. The highest BCUT2D eigenvalue weighted by Gasteiger charge is 2.48. The number of carbonyl (C=O) groups is 1. The maximum atomic E-state index is 14.2. The minimum atomic E-state index is -0.905. The highest BCUT2D eigenvalue weighted by Crippen LogP contribution is 2.45. The maximum absolute atomic E-state index is 14.2. The van der Waals surface area contributed by atoms with Crippen LogP contribution in [-0.4, -0.2) is 37.4 Å². The van der Waals surface area contributed by atoms with Gasteiger partial charge in [-0.05, 0) is 31.7 Å². The van der Waals surface area contributed by atoms with Crippen LogP contribution >= 0.6 is 0 Å². The molecule has 1 heterocycles. The van der Waals surface area contributed by atoms with Crippen molar-refractivity contribution in [3.63, 3.8) is 0 Å². The molecule has 1 aromatic rings. The number of hydrogen-bond donors (Lipinski definition) is 2. The molecule has 1 aliphatic carbocycles. The van der Waals surface area contributed by atoms with Gasteiger partial charge in [-0.1, -0.05) is 12.5 Å². The van der Waals surface area contributed by atoms with Crippen LogP contribution in [0, 0.1) is 17.0 Å². The summed E-state index contributed by atoms with van der Waals surface area (Å²) in [5.41, 5.74) is -0.888. The Hall–Kier alpha value is -1.53. The van der Waals surface area contributed by atoms with E-state index in [0.717, 1.165) is 18.9 Å². The molecule has 4 nitrogen and oxygen atoms in total. The fourth-order valence-corrected chi connectivity index (χ4v) is 3.78. The molecule has 1 aliphatic heterocycles. The predicted octanol–water partition coefficient (Wildman–Crippen LogP) is 2.29. The van der Waals surface area contributed by atoms with E-state index < -0.39 is 17.0 Å². The second kappa shape index (κ2) is 6.76. The van der Waals surface area contributed by atoms with Crippen molar-refractivity contribution < 1.29 is 23.4 Å². The Kier molecular flexibility index (Phi) is 4.88. The minimum Gasteiger partial charge on any atom is -0.396 e. The molecule has 2 aliphatic rings. The molecule has 0 spiro atoms. The molecule has 2 N–H and O–H groups in total. The van der Waals surface area contributed by atoms with Gasteiger partial charge in [0.05, 0.1) is 12.0 Å². The predicted molar refractivity (Wildman–Crippen MR) is 84.5 cm³/mol. The third-order valence-electron chi connectivity index (χ3n) is 5.54. The third kappa shape index (κ3) is 3.05. The molecule has 0 radical (unpaired) electrons. The van der Waals surface area contributed by atoms with Gasteiger partial charge < -0.3 is 15.2 Å². The molecule has 2 fully saturated rings. The molecule has 1 saturated heterocycles. The standard InChI is InChI=1S/C18H23F2NO3/c19-13-2-3-14(15(20)10-13)18(4-1-5-18)16(23)21-11-17(6-8-22)7-9-24-12-17/h2-3,10,22H,1,4-9,11-12H2,(H,21,23). The molecule has 3 rings (SSSR count). The van der Waals surface area contributed by atoms with Crippen molar-refractivity contribution in [3.05, 3.63) is 35.4 Å². The Morgan fingerprint density at radius 3 is 2.62 bits per heavy atom. The first-order chi connectivity index (χ1) is 11.5. The summed E-state index contributed by atoms with van der Waals surface area (Å²) < 4.78 is 32.8. The van der Waals surface area contributed by atoms with Gasteiger partial charge in [0, 0.05) is 36.8 Å². The van der Waals surface area contributed by atoms with Crippen LogP contribution in [0.2, 0.25) is 0 Å². The number of amides is 1. The number of aliphatic hydroxyl groups excluding tert-OH is 1. The van der Waals surface area contributed by atoms with Gasteiger partial charge in [-0.25, -0.2) is 8.78 Å².